The molecule has 3 nitrogen and oxygen atoms in total. The number of nitrogens with one attached hydrogen (secondary N) is 1. The van der Waals surface area contributed by atoms with E-state index in [0.717, 1.165) is 0 Å². The maximum Gasteiger partial charge on any atom is 0.234 e. The second-order valence-corrected chi connectivity index (χ2v) is 2.19. The van der Waals surface area contributed by atoms with Crippen LogP contribution in [0.3, 0.4) is 0 Å². The van der Waals surface area contributed by atoms with Crippen LogP contribution in [0.5, 0.6) is 0 Å². The van der Waals surface area contributed by atoms with Gasteiger partial charge in [-0.25, -0.2) is 0 Å². The van der Waals surface area contributed by atoms with Crippen LogP contribution in [0.4, 0.5) is 0 Å². The van der Waals surface area contributed by atoms with Gasteiger partial charge in [-0.1, -0.05) is 13.8 Å². The van der Waals surface area contributed by atoms with Crippen LogP contribution in [0.15, 0.2) is 0 Å². The predicted molar refractivity (Wildman–Crippen MR) is 48.6 cm³/mol. The SMILES string of the molecule is CC.CCNC(=O)CN(C)C. The van der Waals surface area contributed by atoms with Crippen LogP contribution in [-0.4, -0.2) is 38.0 Å². The number of hydrogen-bond acceptors (Lipinski definition) is 2. The van der Waals surface area contributed by atoms with Crippen molar-refractivity contribution in [2.24, 2.45) is 0 Å². The van der Waals surface area contributed by atoms with Crippen molar-refractivity contribution < 1.29 is 4.79 Å². The first-order valence-electron chi connectivity index (χ1n) is 4.08. The molecule has 0 atom stereocenters. The Kier molecular flexibility index (Phi) is 11.2. The fourth-order valence-corrected chi connectivity index (χ4v) is 0.540. The zero-order valence-corrected chi connectivity index (χ0v) is 8.27. The lowest BCUT2D eigenvalue weighted by Gasteiger charge is -2.07. The van der Waals surface area contributed by atoms with E-state index >= 15 is 0 Å². The molecule has 0 aromatic heterocycles. The predicted octanol–water partition coefficient (Wildman–Crippen LogP) is 0.710. The lowest BCUT2D eigenvalue weighted by Crippen LogP contribution is -2.32. The Bertz CT molecular complexity index is 92.1. The second kappa shape index (κ2) is 9.43. The highest BCUT2D eigenvalue weighted by Gasteiger charge is 1.98. The number of likely N-dealkylation sites (N-methyl/N-ethyl adjacent to an activating group) is 2. The Labute approximate surface area is 69.8 Å². The monoisotopic (exact) mass is 160 g/mol. The van der Waals surface area contributed by atoms with Gasteiger partial charge in [0.25, 0.3) is 0 Å². The van der Waals surface area contributed by atoms with Gasteiger partial charge < -0.3 is 10.2 Å². The molecule has 0 aliphatic rings. The van der Waals surface area contributed by atoms with Crippen molar-refractivity contribution in [2.45, 2.75) is 20.8 Å². The summed E-state index contributed by atoms with van der Waals surface area (Å²) in [7, 11) is 3.74. The highest BCUT2D eigenvalue weighted by Crippen LogP contribution is 1.72. The molecule has 0 spiro atoms. The van der Waals surface area contributed by atoms with E-state index in [2.05, 4.69) is 5.32 Å². The third-order valence-electron chi connectivity index (χ3n) is 0.834. The molecule has 0 fully saturated rings. The van der Waals surface area contributed by atoms with Gasteiger partial charge in [0.2, 0.25) is 5.91 Å². The summed E-state index contributed by atoms with van der Waals surface area (Å²) < 4.78 is 0. The zero-order chi connectivity index (χ0) is 9.28. The maximum atomic E-state index is 10.7. The van der Waals surface area contributed by atoms with E-state index in [9.17, 15) is 4.79 Å². The molecule has 1 N–H and O–H groups in total. The van der Waals surface area contributed by atoms with Gasteiger partial charge in [-0.3, -0.25) is 4.79 Å². The van der Waals surface area contributed by atoms with Gasteiger partial charge in [0, 0.05) is 6.54 Å². The Morgan fingerprint density at radius 2 is 1.82 bits per heavy atom. The zero-order valence-electron chi connectivity index (χ0n) is 8.27. The average molecular weight is 160 g/mol. The number of amides is 1. The molecule has 0 heterocycles. The highest BCUT2D eigenvalue weighted by molar-refractivity contribution is 5.77. The fourth-order valence-electron chi connectivity index (χ4n) is 0.540. The van der Waals surface area contributed by atoms with Crippen molar-refractivity contribution in [2.75, 3.05) is 27.2 Å². The van der Waals surface area contributed by atoms with Crippen molar-refractivity contribution in [3.05, 3.63) is 0 Å². The average Bonchev–Trinajstić information content (AvgIpc) is 1.91. The van der Waals surface area contributed by atoms with Gasteiger partial charge in [0.15, 0.2) is 0 Å². The fraction of sp³-hybridized carbons (Fsp3) is 0.875. The summed E-state index contributed by atoms with van der Waals surface area (Å²) in [6, 6.07) is 0. The van der Waals surface area contributed by atoms with E-state index in [4.69, 9.17) is 0 Å². The second-order valence-electron chi connectivity index (χ2n) is 2.19. The molecule has 0 aliphatic carbocycles. The molecule has 0 bridgehead atoms. The van der Waals surface area contributed by atoms with E-state index in [-0.39, 0.29) is 5.91 Å². The van der Waals surface area contributed by atoms with Crippen molar-refractivity contribution in [3.63, 3.8) is 0 Å². The minimum absolute atomic E-state index is 0.0856. The molecule has 3 heteroatoms. The van der Waals surface area contributed by atoms with Gasteiger partial charge in [-0.05, 0) is 21.0 Å². The van der Waals surface area contributed by atoms with Crippen LogP contribution >= 0.6 is 0 Å². The summed E-state index contributed by atoms with van der Waals surface area (Å²) in [5, 5.41) is 2.70. The smallest absolute Gasteiger partial charge is 0.234 e. The van der Waals surface area contributed by atoms with Crippen LogP contribution in [0.1, 0.15) is 20.8 Å². The number of rotatable bonds is 3. The molecule has 0 saturated heterocycles. The molecule has 0 saturated carbocycles. The first-order valence-corrected chi connectivity index (χ1v) is 4.08. The van der Waals surface area contributed by atoms with Crippen molar-refractivity contribution in [1.29, 1.82) is 0 Å². The summed E-state index contributed by atoms with van der Waals surface area (Å²) >= 11 is 0. The molecular weight excluding hydrogens is 140 g/mol. The summed E-state index contributed by atoms with van der Waals surface area (Å²) in [6.07, 6.45) is 0. The largest absolute Gasteiger partial charge is 0.355 e. The van der Waals surface area contributed by atoms with Gasteiger partial charge in [-0.15, -0.1) is 0 Å². The van der Waals surface area contributed by atoms with Crippen LogP contribution in [0.2, 0.25) is 0 Å². The van der Waals surface area contributed by atoms with Gasteiger partial charge in [0.1, 0.15) is 0 Å². The summed E-state index contributed by atoms with van der Waals surface area (Å²) in [6.45, 7) is 7.11. The molecular formula is C8H20N2O. The first kappa shape index (κ1) is 13.1. The molecule has 0 rings (SSSR count). The van der Waals surface area contributed by atoms with Crippen LogP contribution in [-0.2, 0) is 4.79 Å². The molecule has 0 aromatic rings. The third kappa shape index (κ3) is 12.6. The number of hydrogen-bond donors (Lipinski definition) is 1. The van der Waals surface area contributed by atoms with Gasteiger partial charge in [-0.2, -0.15) is 0 Å². The number of nitrogens with zero attached hydrogens (tertiary/aromatic N) is 1. The quantitative estimate of drug-likeness (QED) is 0.659. The Balaban J connectivity index is 0. The van der Waals surface area contributed by atoms with E-state index in [1.54, 1.807) is 0 Å². The number of carbonyl (C=O) groups excluding carboxylic acids is 1. The molecule has 11 heavy (non-hydrogen) atoms. The first-order chi connectivity index (χ1) is 5.16. The Hall–Kier alpha value is -0.570. The Morgan fingerprint density at radius 1 is 1.36 bits per heavy atom. The van der Waals surface area contributed by atoms with E-state index in [0.29, 0.717) is 13.1 Å². The normalized spacial score (nSPS) is 8.55. The minimum Gasteiger partial charge on any atom is -0.355 e. The van der Waals surface area contributed by atoms with Crippen molar-refractivity contribution in [3.8, 4) is 0 Å². The van der Waals surface area contributed by atoms with E-state index in [1.165, 1.54) is 0 Å². The van der Waals surface area contributed by atoms with E-state index in [1.807, 2.05) is 39.8 Å². The molecule has 0 unspecified atom stereocenters. The van der Waals surface area contributed by atoms with Crippen LogP contribution in [0.25, 0.3) is 0 Å². The molecule has 0 radical (unpaired) electrons. The summed E-state index contributed by atoms with van der Waals surface area (Å²) in [4.78, 5) is 12.5. The highest BCUT2D eigenvalue weighted by atomic mass is 16.1. The Morgan fingerprint density at radius 3 is 2.09 bits per heavy atom. The van der Waals surface area contributed by atoms with Crippen LogP contribution < -0.4 is 5.32 Å². The van der Waals surface area contributed by atoms with Crippen molar-refractivity contribution in [1.82, 2.24) is 10.2 Å². The molecule has 68 valence electrons. The lowest BCUT2D eigenvalue weighted by atomic mass is 10.5. The standard InChI is InChI=1S/C6H14N2O.C2H6/c1-4-7-6(9)5-8(2)3;1-2/h4-5H2,1-3H3,(H,7,9);1-2H3. The lowest BCUT2D eigenvalue weighted by molar-refractivity contribution is -0.121. The minimum atomic E-state index is 0.0856. The summed E-state index contributed by atoms with van der Waals surface area (Å²) in [5.74, 6) is 0.0856. The van der Waals surface area contributed by atoms with Gasteiger partial charge >= 0.3 is 0 Å². The molecule has 0 aliphatic heterocycles. The van der Waals surface area contributed by atoms with Crippen molar-refractivity contribution >= 4 is 5.91 Å². The van der Waals surface area contributed by atoms with Crippen LogP contribution in [0, 0.1) is 0 Å². The topological polar surface area (TPSA) is 32.3 Å². The molecule has 0 aromatic carbocycles. The number of carbonyl (C=O) groups is 1. The van der Waals surface area contributed by atoms with E-state index < -0.39 is 0 Å². The third-order valence-corrected chi connectivity index (χ3v) is 0.834. The van der Waals surface area contributed by atoms with Gasteiger partial charge in [0.05, 0.1) is 6.54 Å². The maximum absolute atomic E-state index is 10.7. The molecule has 1 amide bonds. The summed E-state index contributed by atoms with van der Waals surface area (Å²) in [5.41, 5.74) is 0.